The molecule has 1 aromatic carbocycles. The molecule has 33 heavy (non-hydrogen) atoms. The van der Waals surface area contributed by atoms with E-state index in [1.54, 1.807) is 23.6 Å². The molecule has 0 saturated heterocycles. The molecule has 4 unspecified atom stereocenters. The summed E-state index contributed by atoms with van der Waals surface area (Å²) in [6.07, 6.45) is 5.64. The molecule has 0 aliphatic heterocycles. The number of amides is 2. The van der Waals surface area contributed by atoms with E-state index in [4.69, 9.17) is 0 Å². The van der Waals surface area contributed by atoms with E-state index in [9.17, 15) is 18.0 Å². The number of sulfonamides is 1. The molecular formula is C24H31N3O4S2. The summed E-state index contributed by atoms with van der Waals surface area (Å²) in [6, 6.07) is 7.93. The normalized spacial score (nSPS) is 22.8. The molecule has 3 N–H and O–H groups in total. The van der Waals surface area contributed by atoms with E-state index in [2.05, 4.69) is 15.4 Å². The third-order valence-electron chi connectivity index (χ3n) is 6.87. The van der Waals surface area contributed by atoms with Crippen molar-refractivity contribution in [1.82, 2.24) is 10.0 Å². The minimum absolute atomic E-state index is 0.0788. The van der Waals surface area contributed by atoms with Crippen molar-refractivity contribution in [2.24, 2.45) is 17.8 Å². The standard InChI is InChI=1S/C24H31N3O4S2/c1-16(22-14-17-4-5-18(22)13-17)27-33(30,31)21-8-6-20(7-9-21)26-23(28)3-2-11-25-24(29)19-10-12-32-15-19/h6-10,12,15-18,22,27H,2-5,11,13-14H2,1H3,(H,25,29)(H,26,28). The Hall–Kier alpha value is -2.23. The summed E-state index contributed by atoms with van der Waals surface area (Å²) in [5.74, 6) is 1.52. The number of hydrogen-bond acceptors (Lipinski definition) is 5. The van der Waals surface area contributed by atoms with Gasteiger partial charge in [0.1, 0.15) is 0 Å². The van der Waals surface area contributed by atoms with Crippen molar-refractivity contribution < 1.29 is 18.0 Å². The van der Waals surface area contributed by atoms with Crippen molar-refractivity contribution >= 4 is 38.9 Å². The molecule has 2 saturated carbocycles. The van der Waals surface area contributed by atoms with E-state index in [1.165, 1.54) is 42.7 Å². The van der Waals surface area contributed by atoms with Gasteiger partial charge < -0.3 is 10.6 Å². The van der Waals surface area contributed by atoms with Gasteiger partial charge in [-0.3, -0.25) is 9.59 Å². The van der Waals surface area contributed by atoms with E-state index in [0.717, 1.165) is 12.3 Å². The van der Waals surface area contributed by atoms with Crippen molar-refractivity contribution in [3.05, 3.63) is 46.7 Å². The number of benzene rings is 1. The average molecular weight is 490 g/mol. The third-order valence-corrected chi connectivity index (χ3v) is 9.13. The highest BCUT2D eigenvalue weighted by Crippen LogP contribution is 2.49. The molecule has 2 amide bonds. The van der Waals surface area contributed by atoms with Crippen molar-refractivity contribution in [3.8, 4) is 0 Å². The zero-order valence-corrected chi connectivity index (χ0v) is 20.4. The summed E-state index contributed by atoms with van der Waals surface area (Å²) < 4.78 is 28.5. The van der Waals surface area contributed by atoms with Crippen LogP contribution in [0.15, 0.2) is 46.0 Å². The fourth-order valence-corrected chi connectivity index (χ4v) is 7.12. The first-order chi connectivity index (χ1) is 15.8. The van der Waals surface area contributed by atoms with Crippen LogP contribution < -0.4 is 15.4 Å². The first-order valence-electron chi connectivity index (χ1n) is 11.5. The van der Waals surface area contributed by atoms with Crippen LogP contribution in [0.25, 0.3) is 0 Å². The molecule has 2 aliphatic rings. The summed E-state index contributed by atoms with van der Waals surface area (Å²) >= 11 is 1.46. The summed E-state index contributed by atoms with van der Waals surface area (Å²) in [5, 5.41) is 9.18. The van der Waals surface area contributed by atoms with Crippen LogP contribution >= 0.6 is 11.3 Å². The van der Waals surface area contributed by atoms with Crippen molar-refractivity contribution in [2.75, 3.05) is 11.9 Å². The first kappa shape index (κ1) is 23.9. The van der Waals surface area contributed by atoms with Gasteiger partial charge in [-0.2, -0.15) is 11.3 Å². The van der Waals surface area contributed by atoms with Crippen molar-refractivity contribution in [2.45, 2.75) is 56.4 Å². The minimum atomic E-state index is -3.61. The van der Waals surface area contributed by atoms with Crippen molar-refractivity contribution in [1.29, 1.82) is 0 Å². The highest BCUT2D eigenvalue weighted by atomic mass is 32.2. The lowest BCUT2D eigenvalue weighted by Crippen LogP contribution is -2.40. The Balaban J connectivity index is 1.22. The second-order valence-corrected chi connectivity index (χ2v) is 11.7. The molecule has 4 atom stereocenters. The van der Waals surface area contributed by atoms with E-state index in [0.29, 0.717) is 36.1 Å². The van der Waals surface area contributed by atoms with Crippen LogP contribution in [0.4, 0.5) is 5.69 Å². The summed E-state index contributed by atoms with van der Waals surface area (Å²) in [4.78, 5) is 24.2. The predicted molar refractivity (Wildman–Crippen MR) is 130 cm³/mol. The van der Waals surface area contributed by atoms with Gasteiger partial charge in [-0.25, -0.2) is 13.1 Å². The van der Waals surface area contributed by atoms with Gasteiger partial charge in [-0.1, -0.05) is 6.42 Å². The molecule has 1 aromatic heterocycles. The van der Waals surface area contributed by atoms with Crippen LogP contribution in [0, 0.1) is 17.8 Å². The van der Waals surface area contributed by atoms with E-state index in [-0.39, 0.29) is 29.2 Å². The monoisotopic (exact) mass is 489 g/mol. The quantitative estimate of drug-likeness (QED) is 0.439. The molecule has 2 aliphatic carbocycles. The molecule has 1 heterocycles. The van der Waals surface area contributed by atoms with Gasteiger partial charge in [0, 0.05) is 35.6 Å². The maximum absolute atomic E-state index is 12.8. The van der Waals surface area contributed by atoms with Crippen LogP contribution in [0.1, 0.15) is 55.8 Å². The molecule has 0 spiro atoms. The third kappa shape index (κ3) is 6.02. The van der Waals surface area contributed by atoms with Crippen LogP contribution in [-0.2, 0) is 14.8 Å². The number of hydrogen-bond donors (Lipinski definition) is 3. The number of carbonyl (C=O) groups excluding carboxylic acids is 2. The zero-order valence-electron chi connectivity index (χ0n) is 18.8. The minimum Gasteiger partial charge on any atom is -0.352 e. The Morgan fingerprint density at radius 1 is 1.12 bits per heavy atom. The highest BCUT2D eigenvalue weighted by molar-refractivity contribution is 7.89. The SMILES string of the molecule is CC(NS(=O)(=O)c1ccc(NC(=O)CCCNC(=O)c2ccsc2)cc1)C1CC2CCC1C2. The molecule has 2 bridgehead atoms. The smallest absolute Gasteiger partial charge is 0.252 e. The Morgan fingerprint density at radius 2 is 1.91 bits per heavy atom. The molecular weight excluding hydrogens is 458 g/mol. The maximum Gasteiger partial charge on any atom is 0.252 e. The van der Waals surface area contributed by atoms with Gasteiger partial charge in [0.15, 0.2) is 0 Å². The number of nitrogens with one attached hydrogen (secondary N) is 3. The van der Waals surface area contributed by atoms with Crippen LogP contribution in [0.3, 0.4) is 0 Å². The molecule has 2 aromatic rings. The summed E-state index contributed by atoms with van der Waals surface area (Å²) in [6.45, 7) is 2.38. The second-order valence-electron chi connectivity index (χ2n) is 9.19. The Morgan fingerprint density at radius 3 is 2.55 bits per heavy atom. The maximum atomic E-state index is 12.8. The number of thiophene rings is 1. The van der Waals surface area contributed by atoms with Gasteiger partial charge >= 0.3 is 0 Å². The lowest BCUT2D eigenvalue weighted by Gasteiger charge is -2.28. The van der Waals surface area contributed by atoms with E-state index >= 15 is 0 Å². The van der Waals surface area contributed by atoms with Crippen LogP contribution in [0.5, 0.6) is 0 Å². The molecule has 7 nitrogen and oxygen atoms in total. The molecule has 178 valence electrons. The molecule has 9 heteroatoms. The van der Waals surface area contributed by atoms with Gasteiger partial charge in [0.25, 0.3) is 5.91 Å². The van der Waals surface area contributed by atoms with Gasteiger partial charge in [-0.05, 0) is 86.1 Å². The van der Waals surface area contributed by atoms with Crippen molar-refractivity contribution in [3.63, 3.8) is 0 Å². The van der Waals surface area contributed by atoms with Crippen LogP contribution in [0.2, 0.25) is 0 Å². The Kier molecular flexibility index (Phi) is 7.51. The molecule has 4 rings (SSSR count). The average Bonchev–Trinajstić information content (AvgIpc) is 3.55. The van der Waals surface area contributed by atoms with Gasteiger partial charge in [-0.15, -0.1) is 0 Å². The van der Waals surface area contributed by atoms with Crippen LogP contribution in [-0.4, -0.2) is 32.8 Å². The fraction of sp³-hybridized carbons (Fsp3) is 0.500. The molecule has 2 fully saturated rings. The summed E-state index contributed by atoms with van der Waals surface area (Å²) in [7, 11) is -3.61. The Bertz CT molecular complexity index is 1070. The first-order valence-corrected chi connectivity index (χ1v) is 14.0. The van der Waals surface area contributed by atoms with Gasteiger partial charge in [0.05, 0.1) is 4.90 Å². The highest BCUT2D eigenvalue weighted by Gasteiger charge is 2.42. The zero-order chi connectivity index (χ0) is 23.4. The second kappa shape index (κ2) is 10.4. The topological polar surface area (TPSA) is 104 Å². The number of carbonyl (C=O) groups is 2. The number of anilines is 1. The summed E-state index contributed by atoms with van der Waals surface area (Å²) in [5.41, 5.74) is 1.17. The fourth-order valence-electron chi connectivity index (χ4n) is 5.19. The largest absolute Gasteiger partial charge is 0.352 e. The van der Waals surface area contributed by atoms with E-state index < -0.39 is 10.0 Å². The lowest BCUT2D eigenvalue weighted by molar-refractivity contribution is -0.116. The Labute approximate surface area is 199 Å². The number of rotatable bonds is 10. The number of fused-ring (bicyclic) bond motifs is 2. The predicted octanol–water partition coefficient (Wildman–Crippen LogP) is 4.00. The lowest BCUT2D eigenvalue weighted by atomic mass is 9.84. The molecule has 0 radical (unpaired) electrons. The van der Waals surface area contributed by atoms with E-state index in [1.807, 2.05) is 12.3 Å². The van der Waals surface area contributed by atoms with Gasteiger partial charge in [0.2, 0.25) is 15.9 Å².